The lowest BCUT2D eigenvalue weighted by atomic mass is 9.56. The van der Waals surface area contributed by atoms with Crippen LogP contribution in [0.4, 0.5) is 0 Å². The number of aldehydes is 1. The SMILES string of the molecule is CC(c1ccccc1)C1(C=O)CCCC(C)(C2(C)CCCCCCC2)CC1. The maximum atomic E-state index is 12.4. The van der Waals surface area contributed by atoms with Crippen molar-refractivity contribution in [1.29, 1.82) is 0 Å². The van der Waals surface area contributed by atoms with E-state index in [1.165, 1.54) is 76.1 Å². The highest BCUT2D eigenvalue weighted by atomic mass is 16.1. The minimum atomic E-state index is -0.183. The molecule has 2 fully saturated rings. The maximum absolute atomic E-state index is 12.4. The van der Waals surface area contributed by atoms with Gasteiger partial charge in [-0.15, -0.1) is 0 Å². The van der Waals surface area contributed by atoms with Gasteiger partial charge >= 0.3 is 0 Å². The molecule has 0 saturated heterocycles. The molecule has 2 saturated carbocycles. The van der Waals surface area contributed by atoms with E-state index in [9.17, 15) is 4.79 Å². The smallest absolute Gasteiger partial charge is 0.126 e. The normalized spacial score (nSPS) is 33.3. The first-order valence-electron chi connectivity index (χ1n) is 11.5. The fourth-order valence-electron chi connectivity index (χ4n) is 6.19. The molecule has 3 atom stereocenters. The lowest BCUT2D eigenvalue weighted by Gasteiger charge is -2.48. The van der Waals surface area contributed by atoms with Crippen molar-refractivity contribution >= 4 is 6.29 Å². The number of carbonyl (C=O) groups excluding carboxylic acids is 1. The van der Waals surface area contributed by atoms with Gasteiger partial charge < -0.3 is 4.79 Å². The number of hydrogen-bond donors (Lipinski definition) is 0. The molecule has 0 heterocycles. The lowest BCUT2D eigenvalue weighted by molar-refractivity contribution is -0.118. The Hall–Kier alpha value is -1.11. The van der Waals surface area contributed by atoms with Gasteiger partial charge in [0.1, 0.15) is 6.29 Å². The summed E-state index contributed by atoms with van der Waals surface area (Å²) in [5.41, 5.74) is 1.97. The molecular weight excluding hydrogens is 328 g/mol. The number of hydrogen-bond acceptors (Lipinski definition) is 1. The standard InChI is InChI=1S/C26H40O/c1-22(23-13-8-7-9-14-23)26(21-27)18-12-17-25(3,19-20-26)24(2)15-10-5-4-6-11-16-24/h7-9,13-14,21-22H,4-6,10-12,15-20H2,1-3H3. The summed E-state index contributed by atoms with van der Waals surface area (Å²) in [5, 5.41) is 0. The van der Waals surface area contributed by atoms with E-state index in [0.29, 0.717) is 16.7 Å². The Kier molecular flexibility index (Phi) is 6.49. The van der Waals surface area contributed by atoms with Crippen molar-refractivity contribution in [2.45, 2.75) is 104 Å². The first-order chi connectivity index (χ1) is 12.9. The van der Waals surface area contributed by atoms with Crippen molar-refractivity contribution in [3.63, 3.8) is 0 Å². The predicted molar refractivity (Wildman–Crippen MR) is 115 cm³/mol. The molecule has 27 heavy (non-hydrogen) atoms. The lowest BCUT2D eigenvalue weighted by Crippen LogP contribution is -2.38. The fourth-order valence-corrected chi connectivity index (χ4v) is 6.19. The first-order valence-corrected chi connectivity index (χ1v) is 11.5. The largest absolute Gasteiger partial charge is 0.303 e. The van der Waals surface area contributed by atoms with Crippen molar-refractivity contribution in [3.05, 3.63) is 35.9 Å². The van der Waals surface area contributed by atoms with Gasteiger partial charge in [-0.3, -0.25) is 0 Å². The van der Waals surface area contributed by atoms with Crippen LogP contribution in [0, 0.1) is 16.2 Å². The molecule has 0 bridgehead atoms. The summed E-state index contributed by atoms with van der Waals surface area (Å²) in [4.78, 5) is 12.4. The molecule has 2 aliphatic rings. The Morgan fingerprint density at radius 1 is 0.741 bits per heavy atom. The zero-order chi connectivity index (χ0) is 19.4. The molecule has 1 aromatic rings. The summed E-state index contributed by atoms with van der Waals surface area (Å²) >= 11 is 0. The van der Waals surface area contributed by atoms with Gasteiger partial charge in [-0.25, -0.2) is 0 Å². The van der Waals surface area contributed by atoms with Crippen molar-refractivity contribution < 1.29 is 4.79 Å². The summed E-state index contributed by atoms with van der Waals surface area (Å²) < 4.78 is 0. The number of carbonyl (C=O) groups is 1. The minimum Gasteiger partial charge on any atom is -0.303 e. The van der Waals surface area contributed by atoms with Crippen LogP contribution in [0.1, 0.15) is 109 Å². The van der Waals surface area contributed by atoms with Crippen molar-refractivity contribution in [1.82, 2.24) is 0 Å². The Balaban J connectivity index is 1.81. The van der Waals surface area contributed by atoms with Crippen molar-refractivity contribution in [2.24, 2.45) is 16.2 Å². The van der Waals surface area contributed by atoms with E-state index in [2.05, 4.69) is 51.1 Å². The third kappa shape index (κ3) is 4.17. The third-order valence-electron chi connectivity index (χ3n) is 8.82. The topological polar surface area (TPSA) is 17.1 Å². The summed E-state index contributed by atoms with van der Waals surface area (Å²) in [6.07, 6.45) is 16.9. The highest BCUT2D eigenvalue weighted by Gasteiger charge is 2.48. The van der Waals surface area contributed by atoms with E-state index in [1.54, 1.807) is 0 Å². The molecule has 0 aromatic heterocycles. The quantitative estimate of drug-likeness (QED) is 0.393. The van der Waals surface area contributed by atoms with Gasteiger partial charge in [0.2, 0.25) is 0 Å². The molecule has 2 aliphatic carbocycles. The van der Waals surface area contributed by atoms with E-state index in [1.807, 2.05) is 0 Å². The Morgan fingerprint density at radius 2 is 1.30 bits per heavy atom. The van der Waals surface area contributed by atoms with Gasteiger partial charge in [0.05, 0.1) is 0 Å². The average molecular weight is 369 g/mol. The molecule has 0 N–H and O–H groups in total. The van der Waals surface area contributed by atoms with Crippen LogP contribution in [-0.2, 0) is 4.79 Å². The Bertz CT molecular complexity index is 598. The van der Waals surface area contributed by atoms with Crippen LogP contribution in [0.3, 0.4) is 0 Å². The van der Waals surface area contributed by atoms with Crippen LogP contribution in [0.5, 0.6) is 0 Å². The summed E-state index contributed by atoms with van der Waals surface area (Å²) in [6.45, 7) is 7.42. The molecule has 1 aromatic carbocycles. The monoisotopic (exact) mass is 368 g/mol. The second-order valence-electron chi connectivity index (χ2n) is 10.2. The Morgan fingerprint density at radius 3 is 1.93 bits per heavy atom. The van der Waals surface area contributed by atoms with E-state index in [4.69, 9.17) is 0 Å². The molecule has 3 unspecified atom stereocenters. The second kappa shape index (κ2) is 8.50. The predicted octanol–water partition coefficient (Wildman–Crippen LogP) is 7.70. The van der Waals surface area contributed by atoms with Crippen LogP contribution >= 0.6 is 0 Å². The molecule has 1 nitrogen and oxygen atoms in total. The summed E-state index contributed by atoms with van der Waals surface area (Å²) in [6, 6.07) is 10.7. The third-order valence-corrected chi connectivity index (χ3v) is 8.82. The van der Waals surface area contributed by atoms with Crippen molar-refractivity contribution in [2.75, 3.05) is 0 Å². The zero-order valence-electron chi connectivity index (χ0n) is 17.9. The highest BCUT2D eigenvalue weighted by molar-refractivity contribution is 5.62. The fraction of sp³-hybridized carbons (Fsp3) is 0.731. The van der Waals surface area contributed by atoms with Gasteiger partial charge in [-0.05, 0) is 60.8 Å². The van der Waals surface area contributed by atoms with Crippen LogP contribution in [0.25, 0.3) is 0 Å². The molecule has 150 valence electrons. The molecule has 3 rings (SSSR count). The summed E-state index contributed by atoms with van der Waals surface area (Å²) in [5.74, 6) is 0.309. The molecule has 0 aliphatic heterocycles. The van der Waals surface area contributed by atoms with Gasteiger partial charge in [-0.1, -0.05) is 89.6 Å². The van der Waals surface area contributed by atoms with Crippen LogP contribution < -0.4 is 0 Å². The van der Waals surface area contributed by atoms with E-state index in [-0.39, 0.29) is 5.41 Å². The Labute approximate surface area is 167 Å². The van der Waals surface area contributed by atoms with Gasteiger partial charge in [0.25, 0.3) is 0 Å². The second-order valence-corrected chi connectivity index (χ2v) is 10.2. The van der Waals surface area contributed by atoms with Gasteiger partial charge in [-0.2, -0.15) is 0 Å². The first kappa shape index (κ1) is 20.6. The molecule has 0 radical (unpaired) electrons. The average Bonchev–Trinajstić information content (AvgIpc) is 2.86. The van der Waals surface area contributed by atoms with Crippen LogP contribution in [-0.4, -0.2) is 6.29 Å². The zero-order valence-corrected chi connectivity index (χ0v) is 17.9. The minimum absolute atomic E-state index is 0.183. The molecule has 0 amide bonds. The molecular formula is C26H40O. The van der Waals surface area contributed by atoms with Crippen LogP contribution in [0.2, 0.25) is 0 Å². The van der Waals surface area contributed by atoms with Gasteiger partial charge in [0.15, 0.2) is 0 Å². The maximum Gasteiger partial charge on any atom is 0.126 e. The van der Waals surface area contributed by atoms with Crippen molar-refractivity contribution in [3.8, 4) is 0 Å². The van der Waals surface area contributed by atoms with E-state index >= 15 is 0 Å². The van der Waals surface area contributed by atoms with Crippen LogP contribution in [0.15, 0.2) is 30.3 Å². The van der Waals surface area contributed by atoms with E-state index in [0.717, 1.165) is 12.8 Å². The number of rotatable bonds is 4. The molecule has 1 heteroatoms. The summed E-state index contributed by atoms with van der Waals surface area (Å²) in [7, 11) is 0. The van der Waals surface area contributed by atoms with Gasteiger partial charge in [0, 0.05) is 5.41 Å². The highest BCUT2D eigenvalue weighted by Crippen LogP contribution is 2.58. The molecule has 0 spiro atoms. The van der Waals surface area contributed by atoms with E-state index < -0.39 is 0 Å². The number of benzene rings is 1.